The number of furan rings is 1. The van der Waals surface area contributed by atoms with Crippen LogP contribution in [0.4, 0.5) is 0 Å². The van der Waals surface area contributed by atoms with E-state index in [-0.39, 0.29) is 5.91 Å². The van der Waals surface area contributed by atoms with Crippen LogP contribution in [-0.4, -0.2) is 22.1 Å². The number of hydrogen-bond donors (Lipinski definition) is 1. The molecule has 0 aliphatic carbocycles. The Hall–Kier alpha value is -3.54. The summed E-state index contributed by atoms with van der Waals surface area (Å²) in [5.41, 5.74) is 3.19. The zero-order valence-electron chi connectivity index (χ0n) is 17.0. The van der Waals surface area contributed by atoms with Crippen molar-refractivity contribution in [2.24, 2.45) is 0 Å². The highest BCUT2D eigenvalue weighted by atomic mass is 16.5. The highest BCUT2D eigenvalue weighted by Gasteiger charge is 2.13. The van der Waals surface area contributed by atoms with Crippen LogP contribution < -0.4 is 10.1 Å². The SMILES string of the molecule is Cc1cccc(OCCCCn2c(CNC(=O)c3ccco3)nc3ccccc32)c1. The Balaban J connectivity index is 1.37. The normalized spacial score (nSPS) is 11.0. The van der Waals surface area contributed by atoms with Crippen LogP contribution in [0.5, 0.6) is 5.75 Å². The summed E-state index contributed by atoms with van der Waals surface area (Å²) in [5, 5.41) is 2.89. The molecule has 2 aromatic carbocycles. The van der Waals surface area contributed by atoms with Crippen LogP contribution in [0.1, 0.15) is 34.8 Å². The van der Waals surface area contributed by atoms with E-state index in [0.29, 0.717) is 18.9 Å². The predicted molar refractivity (Wildman–Crippen MR) is 116 cm³/mol. The molecule has 0 aliphatic rings. The van der Waals surface area contributed by atoms with E-state index in [1.807, 2.05) is 36.4 Å². The minimum absolute atomic E-state index is 0.245. The summed E-state index contributed by atoms with van der Waals surface area (Å²) >= 11 is 0. The molecule has 4 rings (SSSR count). The molecule has 154 valence electrons. The van der Waals surface area contributed by atoms with Gasteiger partial charge in [-0.15, -0.1) is 0 Å². The molecular formula is C24H25N3O3. The molecule has 0 spiro atoms. The molecule has 2 aromatic heterocycles. The van der Waals surface area contributed by atoms with E-state index >= 15 is 0 Å². The quantitative estimate of drug-likeness (QED) is 0.410. The maximum Gasteiger partial charge on any atom is 0.287 e. The number of carbonyl (C=O) groups excluding carboxylic acids is 1. The molecule has 6 heteroatoms. The van der Waals surface area contributed by atoms with Crippen molar-refractivity contribution in [3.63, 3.8) is 0 Å². The minimum atomic E-state index is -0.245. The second-order valence-electron chi connectivity index (χ2n) is 7.20. The molecule has 4 aromatic rings. The monoisotopic (exact) mass is 403 g/mol. The van der Waals surface area contributed by atoms with Crippen molar-refractivity contribution in [2.75, 3.05) is 6.61 Å². The van der Waals surface area contributed by atoms with Crippen LogP contribution in [0, 0.1) is 6.92 Å². The fourth-order valence-corrected chi connectivity index (χ4v) is 3.43. The summed E-state index contributed by atoms with van der Waals surface area (Å²) in [5.74, 6) is 1.79. The number of aryl methyl sites for hydroxylation is 2. The van der Waals surface area contributed by atoms with Gasteiger partial charge < -0.3 is 19.0 Å². The topological polar surface area (TPSA) is 69.3 Å². The molecule has 2 heterocycles. The zero-order valence-corrected chi connectivity index (χ0v) is 17.0. The molecule has 0 unspecified atom stereocenters. The van der Waals surface area contributed by atoms with Crippen LogP contribution >= 0.6 is 0 Å². The van der Waals surface area contributed by atoms with E-state index in [0.717, 1.165) is 42.0 Å². The Morgan fingerprint density at radius 3 is 2.83 bits per heavy atom. The number of unbranched alkanes of at least 4 members (excludes halogenated alkanes) is 1. The number of nitrogens with one attached hydrogen (secondary N) is 1. The molecule has 6 nitrogen and oxygen atoms in total. The van der Waals surface area contributed by atoms with Gasteiger partial charge in [-0.25, -0.2) is 4.98 Å². The molecule has 0 saturated heterocycles. The molecule has 0 fully saturated rings. The lowest BCUT2D eigenvalue weighted by molar-refractivity contribution is 0.0921. The minimum Gasteiger partial charge on any atom is -0.494 e. The molecule has 1 amide bonds. The second kappa shape index (κ2) is 9.31. The molecule has 1 N–H and O–H groups in total. The molecule has 0 radical (unpaired) electrons. The Labute approximate surface area is 175 Å². The highest BCUT2D eigenvalue weighted by molar-refractivity contribution is 5.91. The number of hydrogen-bond acceptors (Lipinski definition) is 4. The Morgan fingerprint density at radius 1 is 1.10 bits per heavy atom. The van der Waals surface area contributed by atoms with Crippen LogP contribution in [-0.2, 0) is 13.1 Å². The fraction of sp³-hybridized carbons (Fsp3) is 0.250. The first-order valence-electron chi connectivity index (χ1n) is 10.2. The van der Waals surface area contributed by atoms with Gasteiger partial charge in [0.1, 0.15) is 11.6 Å². The average molecular weight is 403 g/mol. The summed E-state index contributed by atoms with van der Waals surface area (Å²) in [6.07, 6.45) is 3.37. The average Bonchev–Trinajstić information content (AvgIpc) is 3.40. The van der Waals surface area contributed by atoms with Gasteiger partial charge >= 0.3 is 0 Å². The van der Waals surface area contributed by atoms with Crippen molar-refractivity contribution >= 4 is 16.9 Å². The fourth-order valence-electron chi connectivity index (χ4n) is 3.43. The molecule has 0 aliphatic heterocycles. The standard InChI is InChI=1S/C24H25N3O3/c1-18-8-6-9-19(16-18)29-14-5-4-13-27-21-11-3-2-10-20(21)26-23(27)17-25-24(28)22-12-7-15-30-22/h2-3,6-12,15-16H,4-5,13-14,17H2,1H3,(H,25,28). The van der Waals surface area contributed by atoms with Crippen molar-refractivity contribution in [2.45, 2.75) is 32.9 Å². The maximum absolute atomic E-state index is 12.2. The van der Waals surface area contributed by atoms with Crippen molar-refractivity contribution < 1.29 is 13.9 Å². The first-order valence-corrected chi connectivity index (χ1v) is 10.2. The van der Waals surface area contributed by atoms with Gasteiger partial charge in [0.05, 0.1) is 30.4 Å². The third-order valence-electron chi connectivity index (χ3n) is 4.92. The van der Waals surface area contributed by atoms with Gasteiger partial charge in [-0.2, -0.15) is 0 Å². The van der Waals surface area contributed by atoms with E-state index in [4.69, 9.17) is 14.1 Å². The number of carbonyl (C=O) groups is 1. The van der Waals surface area contributed by atoms with Gasteiger partial charge in [0.25, 0.3) is 5.91 Å². The first kappa shape index (κ1) is 19.8. The first-order chi connectivity index (χ1) is 14.7. The largest absolute Gasteiger partial charge is 0.494 e. The number of ether oxygens (including phenoxy) is 1. The number of imidazole rings is 1. The molecule has 30 heavy (non-hydrogen) atoms. The third-order valence-corrected chi connectivity index (χ3v) is 4.92. The number of benzene rings is 2. The number of para-hydroxylation sites is 2. The van der Waals surface area contributed by atoms with Gasteiger partial charge in [0, 0.05) is 6.54 Å². The molecule has 0 bridgehead atoms. The van der Waals surface area contributed by atoms with E-state index in [9.17, 15) is 4.79 Å². The Kier molecular flexibility index (Phi) is 6.13. The van der Waals surface area contributed by atoms with Crippen LogP contribution in [0.2, 0.25) is 0 Å². The van der Waals surface area contributed by atoms with E-state index in [1.54, 1.807) is 12.1 Å². The summed E-state index contributed by atoms with van der Waals surface area (Å²) < 4.78 is 13.2. The lowest BCUT2D eigenvalue weighted by atomic mass is 10.2. The summed E-state index contributed by atoms with van der Waals surface area (Å²) in [7, 11) is 0. The van der Waals surface area contributed by atoms with Crippen molar-refractivity contribution in [3.8, 4) is 5.75 Å². The predicted octanol–water partition coefficient (Wildman–Crippen LogP) is 4.73. The molecular weight excluding hydrogens is 378 g/mol. The summed E-state index contributed by atoms with van der Waals surface area (Å²) in [4.78, 5) is 16.9. The zero-order chi connectivity index (χ0) is 20.8. The van der Waals surface area contributed by atoms with Crippen molar-refractivity contribution in [1.82, 2.24) is 14.9 Å². The number of rotatable bonds is 9. The molecule has 0 saturated carbocycles. The van der Waals surface area contributed by atoms with Crippen LogP contribution in [0.25, 0.3) is 11.0 Å². The Bertz CT molecular complexity index is 1120. The number of aromatic nitrogens is 2. The van der Waals surface area contributed by atoms with Gasteiger partial charge in [0.15, 0.2) is 5.76 Å². The van der Waals surface area contributed by atoms with Crippen molar-refractivity contribution in [1.29, 1.82) is 0 Å². The number of nitrogens with zero attached hydrogens (tertiary/aromatic N) is 2. The van der Waals surface area contributed by atoms with Crippen LogP contribution in [0.3, 0.4) is 0 Å². The lowest BCUT2D eigenvalue weighted by Crippen LogP contribution is -2.24. The van der Waals surface area contributed by atoms with E-state index in [2.05, 4.69) is 28.9 Å². The summed E-state index contributed by atoms with van der Waals surface area (Å²) in [6, 6.07) is 19.5. The molecule has 0 atom stereocenters. The van der Waals surface area contributed by atoms with Crippen molar-refractivity contribution in [3.05, 3.63) is 84.1 Å². The third kappa shape index (κ3) is 4.71. The van der Waals surface area contributed by atoms with E-state index in [1.165, 1.54) is 11.8 Å². The van der Waals surface area contributed by atoms with Gasteiger partial charge in [-0.3, -0.25) is 4.79 Å². The van der Waals surface area contributed by atoms with Gasteiger partial charge in [-0.1, -0.05) is 24.3 Å². The van der Waals surface area contributed by atoms with Gasteiger partial charge in [0.2, 0.25) is 0 Å². The second-order valence-corrected chi connectivity index (χ2v) is 7.20. The maximum atomic E-state index is 12.2. The van der Waals surface area contributed by atoms with Crippen LogP contribution in [0.15, 0.2) is 71.3 Å². The van der Waals surface area contributed by atoms with E-state index < -0.39 is 0 Å². The smallest absolute Gasteiger partial charge is 0.287 e. The number of fused-ring (bicyclic) bond motifs is 1. The Morgan fingerprint density at radius 2 is 2.00 bits per heavy atom. The number of amides is 1. The highest BCUT2D eigenvalue weighted by Crippen LogP contribution is 2.18. The summed E-state index contributed by atoms with van der Waals surface area (Å²) in [6.45, 7) is 3.88. The van der Waals surface area contributed by atoms with Gasteiger partial charge in [-0.05, 0) is 61.7 Å². The lowest BCUT2D eigenvalue weighted by Gasteiger charge is -2.11.